The van der Waals surface area contributed by atoms with Crippen molar-refractivity contribution in [3.63, 3.8) is 0 Å². The topological polar surface area (TPSA) is 74.7 Å². The molecule has 1 fully saturated rings. The summed E-state index contributed by atoms with van der Waals surface area (Å²) in [7, 11) is -3.24. The van der Waals surface area contributed by atoms with Crippen LogP contribution in [0.4, 0.5) is 0 Å². The van der Waals surface area contributed by atoms with Crippen LogP contribution in [0.1, 0.15) is 20.3 Å². The van der Waals surface area contributed by atoms with E-state index in [0.29, 0.717) is 12.6 Å². The van der Waals surface area contributed by atoms with Crippen LogP contribution in [0.3, 0.4) is 0 Å². The second kappa shape index (κ2) is 5.35. The van der Waals surface area contributed by atoms with Crippen LogP contribution < -0.4 is 0 Å². The highest BCUT2D eigenvalue weighted by molar-refractivity contribution is 7.90. The van der Waals surface area contributed by atoms with E-state index in [1.54, 1.807) is 0 Å². The molecule has 0 spiro atoms. The summed E-state index contributed by atoms with van der Waals surface area (Å²) in [5, 5.41) is 9.14. The molecular formula is C11H21NO4S. The van der Waals surface area contributed by atoms with Crippen molar-refractivity contribution in [2.24, 2.45) is 11.8 Å². The summed E-state index contributed by atoms with van der Waals surface area (Å²) in [5.41, 5.74) is 0. The Balaban J connectivity index is 2.71. The van der Waals surface area contributed by atoms with E-state index >= 15 is 0 Å². The first-order chi connectivity index (χ1) is 7.70. The Hall–Kier alpha value is -0.620. The standard InChI is InChI=1S/C11H21NO4S/c1-8(2)12-5-4-9(6-12)10(11(13)14)7-17(3,15)16/h8-10H,4-7H2,1-3H3,(H,13,14). The lowest BCUT2D eigenvalue weighted by Crippen LogP contribution is -2.34. The highest BCUT2D eigenvalue weighted by atomic mass is 32.2. The lowest BCUT2D eigenvalue weighted by Gasteiger charge is -2.22. The van der Waals surface area contributed by atoms with Gasteiger partial charge >= 0.3 is 5.97 Å². The van der Waals surface area contributed by atoms with Gasteiger partial charge in [0, 0.05) is 18.8 Å². The molecule has 1 heterocycles. The Bertz CT molecular complexity index is 377. The fourth-order valence-corrected chi connectivity index (χ4v) is 3.42. The number of carbonyl (C=O) groups is 1. The number of hydrogen-bond donors (Lipinski definition) is 1. The van der Waals surface area contributed by atoms with Gasteiger partial charge in [0.2, 0.25) is 0 Å². The fraction of sp³-hybridized carbons (Fsp3) is 0.909. The molecule has 5 nitrogen and oxygen atoms in total. The second-order valence-electron chi connectivity index (χ2n) is 5.17. The molecule has 1 saturated heterocycles. The van der Waals surface area contributed by atoms with Gasteiger partial charge in [-0.2, -0.15) is 0 Å². The molecule has 17 heavy (non-hydrogen) atoms. The predicted octanol–water partition coefficient (Wildman–Crippen LogP) is 0.462. The molecule has 1 aliphatic rings. The summed E-state index contributed by atoms with van der Waals surface area (Å²) in [6.07, 6.45) is 1.86. The normalized spacial score (nSPS) is 24.1. The Morgan fingerprint density at radius 1 is 1.47 bits per heavy atom. The number of hydrogen-bond acceptors (Lipinski definition) is 4. The van der Waals surface area contributed by atoms with Gasteiger partial charge in [0.25, 0.3) is 0 Å². The number of carboxylic acid groups (broad SMARTS) is 1. The zero-order chi connectivity index (χ0) is 13.2. The van der Waals surface area contributed by atoms with Crippen molar-refractivity contribution >= 4 is 15.8 Å². The molecule has 6 heteroatoms. The first-order valence-corrected chi connectivity index (χ1v) is 7.91. The lowest BCUT2D eigenvalue weighted by atomic mass is 9.93. The summed E-state index contributed by atoms with van der Waals surface area (Å²) in [5.74, 6) is -2.07. The van der Waals surface area contributed by atoms with Crippen LogP contribution in [0.5, 0.6) is 0 Å². The van der Waals surface area contributed by atoms with Gasteiger partial charge in [0.15, 0.2) is 0 Å². The van der Waals surface area contributed by atoms with Gasteiger partial charge in [0.05, 0.1) is 11.7 Å². The number of rotatable bonds is 5. The highest BCUT2D eigenvalue weighted by Gasteiger charge is 2.36. The first-order valence-electron chi connectivity index (χ1n) is 5.85. The SMILES string of the molecule is CC(C)N1CCC(C(CS(C)(=O)=O)C(=O)O)C1. The molecule has 2 atom stereocenters. The Morgan fingerprint density at radius 2 is 2.06 bits per heavy atom. The van der Waals surface area contributed by atoms with Crippen LogP contribution in [-0.2, 0) is 14.6 Å². The van der Waals surface area contributed by atoms with E-state index in [0.717, 1.165) is 19.2 Å². The van der Waals surface area contributed by atoms with Crippen LogP contribution in [0.25, 0.3) is 0 Å². The maximum atomic E-state index is 11.2. The van der Waals surface area contributed by atoms with Crippen molar-refractivity contribution in [1.29, 1.82) is 0 Å². The third kappa shape index (κ3) is 4.27. The summed E-state index contributed by atoms with van der Waals surface area (Å²) in [4.78, 5) is 13.4. The highest BCUT2D eigenvalue weighted by Crippen LogP contribution is 2.26. The average Bonchev–Trinajstić information content (AvgIpc) is 2.60. The zero-order valence-corrected chi connectivity index (χ0v) is 11.4. The maximum Gasteiger partial charge on any atom is 0.307 e. The largest absolute Gasteiger partial charge is 0.481 e. The molecule has 0 saturated carbocycles. The smallest absolute Gasteiger partial charge is 0.307 e. The van der Waals surface area contributed by atoms with Crippen molar-refractivity contribution < 1.29 is 18.3 Å². The van der Waals surface area contributed by atoms with E-state index < -0.39 is 21.7 Å². The van der Waals surface area contributed by atoms with Gasteiger partial charge in [-0.1, -0.05) is 0 Å². The summed E-state index contributed by atoms with van der Waals surface area (Å²) >= 11 is 0. The molecule has 0 bridgehead atoms. The molecule has 0 aromatic carbocycles. The van der Waals surface area contributed by atoms with Gasteiger partial charge < -0.3 is 10.0 Å². The third-order valence-corrected chi connectivity index (χ3v) is 4.32. The summed E-state index contributed by atoms with van der Waals surface area (Å²) < 4.78 is 22.5. The van der Waals surface area contributed by atoms with E-state index in [9.17, 15) is 13.2 Å². The number of sulfone groups is 1. The average molecular weight is 263 g/mol. The molecule has 100 valence electrons. The van der Waals surface area contributed by atoms with E-state index in [1.807, 2.05) is 0 Å². The summed E-state index contributed by atoms with van der Waals surface area (Å²) in [6, 6.07) is 0.382. The molecule has 0 aromatic heterocycles. The van der Waals surface area contributed by atoms with Crippen molar-refractivity contribution in [2.75, 3.05) is 25.1 Å². The Kier molecular flexibility index (Phi) is 4.55. The predicted molar refractivity (Wildman–Crippen MR) is 65.7 cm³/mol. The van der Waals surface area contributed by atoms with E-state index in [-0.39, 0.29) is 11.7 Å². The van der Waals surface area contributed by atoms with Gasteiger partial charge in [-0.05, 0) is 32.7 Å². The van der Waals surface area contributed by atoms with Crippen LogP contribution in [0, 0.1) is 11.8 Å². The van der Waals surface area contributed by atoms with Gasteiger partial charge in [-0.15, -0.1) is 0 Å². The monoisotopic (exact) mass is 263 g/mol. The fourth-order valence-electron chi connectivity index (χ4n) is 2.35. The van der Waals surface area contributed by atoms with E-state index in [2.05, 4.69) is 18.7 Å². The molecule has 1 N–H and O–H groups in total. The zero-order valence-electron chi connectivity index (χ0n) is 10.6. The third-order valence-electron chi connectivity index (χ3n) is 3.35. The number of likely N-dealkylation sites (tertiary alicyclic amines) is 1. The Morgan fingerprint density at radius 3 is 2.41 bits per heavy atom. The molecule has 0 aromatic rings. The minimum atomic E-state index is -3.24. The summed E-state index contributed by atoms with van der Waals surface area (Å²) in [6.45, 7) is 5.67. The van der Waals surface area contributed by atoms with Crippen molar-refractivity contribution in [1.82, 2.24) is 4.90 Å². The van der Waals surface area contributed by atoms with Crippen LogP contribution in [-0.4, -0.2) is 55.5 Å². The second-order valence-corrected chi connectivity index (χ2v) is 7.36. The maximum absolute atomic E-state index is 11.2. The minimum Gasteiger partial charge on any atom is -0.481 e. The number of aliphatic carboxylic acids is 1. The quantitative estimate of drug-likeness (QED) is 0.780. The van der Waals surface area contributed by atoms with Gasteiger partial charge in [-0.3, -0.25) is 4.79 Å². The molecule has 1 aliphatic heterocycles. The van der Waals surface area contributed by atoms with Crippen molar-refractivity contribution in [3.8, 4) is 0 Å². The van der Waals surface area contributed by atoms with E-state index in [4.69, 9.17) is 5.11 Å². The number of nitrogens with zero attached hydrogens (tertiary/aromatic N) is 1. The Labute approximate surface area is 103 Å². The molecular weight excluding hydrogens is 242 g/mol. The van der Waals surface area contributed by atoms with Crippen LogP contribution in [0.2, 0.25) is 0 Å². The lowest BCUT2D eigenvalue weighted by molar-refractivity contribution is -0.142. The van der Waals surface area contributed by atoms with E-state index in [1.165, 1.54) is 0 Å². The van der Waals surface area contributed by atoms with Crippen molar-refractivity contribution in [2.45, 2.75) is 26.3 Å². The molecule has 0 radical (unpaired) electrons. The van der Waals surface area contributed by atoms with Gasteiger partial charge in [-0.25, -0.2) is 8.42 Å². The van der Waals surface area contributed by atoms with Crippen LogP contribution in [0.15, 0.2) is 0 Å². The molecule has 0 amide bonds. The number of carboxylic acids is 1. The first kappa shape index (κ1) is 14.4. The molecule has 2 unspecified atom stereocenters. The van der Waals surface area contributed by atoms with Crippen molar-refractivity contribution in [3.05, 3.63) is 0 Å². The van der Waals surface area contributed by atoms with Crippen LogP contribution >= 0.6 is 0 Å². The molecule has 1 rings (SSSR count). The molecule has 0 aliphatic carbocycles. The van der Waals surface area contributed by atoms with Gasteiger partial charge in [0.1, 0.15) is 9.84 Å². The minimum absolute atomic E-state index is 0.0513.